The van der Waals surface area contributed by atoms with E-state index < -0.39 is 18.1 Å². The minimum Gasteiger partial charge on any atom is -0.488 e. The summed E-state index contributed by atoms with van der Waals surface area (Å²) in [6.45, 7) is 2.57. The van der Waals surface area contributed by atoms with Crippen LogP contribution < -0.4 is 4.74 Å². The number of carboxylic acids is 1. The maximum Gasteiger partial charge on any atom is 0.326 e. The van der Waals surface area contributed by atoms with E-state index in [-0.39, 0.29) is 25.0 Å². The number of carbonyl (C=O) groups excluding carboxylic acids is 1. The van der Waals surface area contributed by atoms with Crippen molar-refractivity contribution in [1.29, 1.82) is 0 Å². The molecule has 2 saturated carbocycles. The van der Waals surface area contributed by atoms with Crippen molar-refractivity contribution in [2.75, 3.05) is 0 Å². The zero-order valence-electron chi connectivity index (χ0n) is 21.6. The predicted octanol–water partition coefficient (Wildman–Crippen LogP) is 5.47. The third kappa shape index (κ3) is 4.81. The summed E-state index contributed by atoms with van der Waals surface area (Å²) in [4.78, 5) is 28.1. The average molecular weight is 512 g/mol. The van der Waals surface area contributed by atoms with E-state index in [9.17, 15) is 14.7 Å². The van der Waals surface area contributed by atoms with Crippen LogP contribution in [0.4, 0.5) is 0 Å². The maximum absolute atomic E-state index is 14.1. The van der Waals surface area contributed by atoms with E-state index in [2.05, 4.69) is 0 Å². The summed E-state index contributed by atoms with van der Waals surface area (Å²) in [5.74, 6) is 0.655. The lowest BCUT2D eigenvalue weighted by Gasteiger charge is -2.38. The molecule has 5 atom stereocenters. The zero-order chi connectivity index (χ0) is 26.2. The number of aryl methyl sites for hydroxylation is 1. The van der Waals surface area contributed by atoms with Crippen molar-refractivity contribution in [1.82, 2.24) is 4.90 Å². The SMILES string of the molecule is Cc1ccc2c(c1OCc1ccccc1)CC(C(=O)O)N(C(=O)C(OC1CCC3CC31)c1ccccc1)C2. The van der Waals surface area contributed by atoms with Crippen molar-refractivity contribution in [2.24, 2.45) is 11.8 Å². The number of carbonyl (C=O) groups is 2. The Labute approximate surface area is 223 Å². The first-order valence-electron chi connectivity index (χ1n) is 13.5. The molecule has 0 radical (unpaired) electrons. The molecule has 3 aromatic rings. The molecule has 0 saturated heterocycles. The van der Waals surface area contributed by atoms with Gasteiger partial charge in [-0.05, 0) is 60.3 Å². The molecule has 0 aromatic heterocycles. The molecule has 6 rings (SSSR count). The van der Waals surface area contributed by atoms with E-state index in [0.29, 0.717) is 18.3 Å². The van der Waals surface area contributed by atoms with Gasteiger partial charge in [0.2, 0.25) is 0 Å². The summed E-state index contributed by atoms with van der Waals surface area (Å²) in [5.41, 5.74) is 4.55. The minimum absolute atomic E-state index is 0.0511. The highest BCUT2D eigenvalue weighted by Crippen LogP contribution is 2.54. The van der Waals surface area contributed by atoms with Crippen molar-refractivity contribution in [2.45, 2.75) is 64.0 Å². The molecule has 3 aromatic carbocycles. The maximum atomic E-state index is 14.1. The van der Waals surface area contributed by atoms with Crippen LogP contribution in [0.3, 0.4) is 0 Å². The highest BCUT2D eigenvalue weighted by Gasteiger charge is 2.50. The lowest BCUT2D eigenvalue weighted by molar-refractivity contribution is -0.160. The molecule has 5 unspecified atom stereocenters. The molecule has 6 nitrogen and oxygen atoms in total. The number of nitrogens with zero attached hydrogens (tertiary/aromatic N) is 1. The number of fused-ring (bicyclic) bond motifs is 2. The first kappa shape index (κ1) is 24.7. The van der Waals surface area contributed by atoms with Gasteiger partial charge in [-0.15, -0.1) is 0 Å². The van der Waals surface area contributed by atoms with Gasteiger partial charge in [-0.25, -0.2) is 4.79 Å². The van der Waals surface area contributed by atoms with Crippen LogP contribution in [0.15, 0.2) is 72.8 Å². The molecule has 2 fully saturated rings. The van der Waals surface area contributed by atoms with Gasteiger partial charge >= 0.3 is 5.97 Å². The van der Waals surface area contributed by atoms with E-state index in [0.717, 1.165) is 46.6 Å². The van der Waals surface area contributed by atoms with E-state index in [4.69, 9.17) is 9.47 Å². The first-order valence-corrected chi connectivity index (χ1v) is 13.5. The average Bonchev–Trinajstić information content (AvgIpc) is 3.62. The van der Waals surface area contributed by atoms with Crippen LogP contribution in [-0.4, -0.2) is 34.0 Å². The number of aliphatic carboxylic acids is 1. The summed E-state index contributed by atoms with van der Waals surface area (Å²) in [7, 11) is 0. The van der Waals surface area contributed by atoms with Crippen LogP contribution in [0.2, 0.25) is 0 Å². The fourth-order valence-electron chi connectivity index (χ4n) is 6.19. The van der Waals surface area contributed by atoms with Crippen LogP contribution in [-0.2, 0) is 33.9 Å². The second kappa shape index (κ2) is 10.3. The molecular weight excluding hydrogens is 478 g/mol. The Kier molecular flexibility index (Phi) is 6.66. The third-order valence-corrected chi connectivity index (χ3v) is 8.38. The highest BCUT2D eigenvalue weighted by atomic mass is 16.5. The summed E-state index contributed by atoms with van der Waals surface area (Å²) < 4.78 is 12.7. The fraction of sp³-hybridized carbons (Fsp3) is 0.375. The van der Waals surface area contributed by atoms with Crippen LogP contribution >= 0.6 is 0 Å². The highest BCUT2D eigenvalue weighted by molar-refractivity contribution is 5.88. The smallest absolute Gasteiger partial charge is 0.326 e. The molecule has 1 aliphatic heterocycles. The lowest BCUT2D eigenvalue weighted by atomic mass is 9.90. The Morgan fingerprint density at radius 2 is 1.74 bits per heavy atom. The number of hydrogen-bond donors (Lipinski definition) is 1. The number of benzene rings is 3. The van der Waals surface area contributed by atoms with Gasteiger partial charge in [0.1, 0.15) is 18.4 Å². The van der Waals surface area contributed by atoms with Crippen molar-refractivity contribution in [3.05, 3.63) is 101 Å². The van der Waals surface area contributed by atoms with Gasteiger partial charge in [-0.3, -0.25) is 4.79 Å². The summed E-state index contributed by atoms with van der Waals surface area (Å²) in [5, 5.41) is 10.3. The van der Waals surface area contributed by atoms with Gasteiger partial charge in [0.05, 0.1) is 6.10 Å². The topological polar surface area (TPSA) is 76.1 Å². The molecule has 0 bridgehead atoms. The largest absolute Gasteiger partial charge is 0.488 e. The monoisotopic (exact) mass is 511 g/mol. The number of carboxylic acid groups (broad SMARTS) is 1. The van der Waals surface area contributed by atoms with Crippen LogP contribution in [0.25, 0.3) is 0 Å². The Bertz CT molecular complexity index is 1320. The van der Waals surface area contributed by atoms with Gasteiger partial charge in [-0.2, -0.15) is 0 Å². The fourth-order valence-corrected chi connectivity index (χ4v) is 6.19. The molecule has 196 valence electrons. The molecule has 1 amide bonds. The second-order valence-corrected chi connectivity index (χ2v) is 10.9. The zero-order valence-corrected chi connectivity index (χ0v) is 21.6. The summed E-state index contributed by atoms with van der Waals surface area (Å²) in [6.07, 6.45) is 2.69. The first-order chi connectivity index (χ1) is 18.5. The van der Waals surface area contributed by atoms with Gasteiger partial charge < -0.3 is 19.5 Å². The predicted molar refractivity (Wildman–Crippen MR) is 143 cm³/mol. The number of rotatable bonds is 8. The number of ether oxygens (including phenoxy) is 2. The molecule has 0 spiro atoms. The summed E-state index contributed by atoms with van der Waals surface area (Å²) in [6, 6.07) is 22.4. The second-order valence-electron chi connectivity index (χ2n) is 10.9. The van der Waals surface area contributed by atoms with Gasteiger partial charge in [0, 0.05) is 18.5 Å². The van der Waals surface area contributed by atoms with Crippen LogP contribution in [0.5, 0.6) is 5.75 Å². The molecule has 38 heavy (non-hydrogen) atoms. The van der Waals surface area contributed by atoms with Gasteiger partial charge in [-0.1, -0.05) is 72.8 Å². The van der Waals surface area contributed by atoms with Crippen molar-refractivity contribution in [3.8, 4) is 5.75 Å². The van der Waals surface area contributed by atoms with Crippen LogP contribution in [0.1, 0.15) is 53.2 Å². The summed E-state index contributed by atoms with van der Waals surface area (Å²) >= 11 is 0. The molecule has 2 aliphatic carbocycles. The van der Waals surface area contributed by atoms with Gasteiger partial charge in [0.25, 0.3) is 5.91 Å². The number of hydrogen-bond acceptors (Lipinski definition) is 4. The van der Waals surface area contributed by atoms with E-state index in [1.807, 2.05) is 79.7 Å². The quantitative estimate of drug-likeness (QED) is 0.434. The molecule has 6 heteroatoms. The van der Waals surface area contributed by atoms with Gasteiger partial charge in [0.15, 0.2) is 6.10 Å². The number of amides is 1. The molecule has 1 heterocycles. The molecule has 3 aliphatic rings. The van der Waals surface area contributed by atoms with E-state index >= 15 is 0 Å². The Morgan fingerprint density at radius 3 is 2.39 bits per heavy atom. The Balaban J connectivity index is 1.29. The Morgan fingerprint density at radius 1 is 1.00 bits per heavy atom. The lowest BCUT2D eigenvalue weighted by Crippen LogP contribution is -2.51. The van der Waals surface area contributed by atoms with E-state index in [1.165, 1.54) is 11.3 Å². The molecule has 1 N–H and O–H groups in total. The molecular formula is C32H33NO5. The normalized spacial score (nSPS) is 24.3. The van der Waals surface area contributed by atoms with Crippen molar-refractivity contribution < 1.29 is 24.2 Å². The van der Waals surface area contributed by atoms with Crippen molar-refractivity contribution >= 4 is 11.9 Å². The van der Waals surface area contributed by atoms with E-state index in [1.54, 1.807) is 0 Å². The van der Waals surface area contributed by atoms with Crippen LogP contribution in [0, 0.1) is 18.8 Å². The minimum atomic E-state index is -1.02. The van der Waals surface area contributed by atoms with Crippen molar-refractivity contribution in [3.63, 3.8) is 0 Å². The standard InChI is InChI=1S/C32H33NO5/c1-20-12-13-24-18-33(27(32(35)36)17-26(24)29(20)37-19-21-8-4-2-5-9-21)31(34)30(22-10-6-3-7-11-22)38-28-15-14-23-16-25(23)28/h2-13,23,25,27-28,30H,14-19H2,1H3,(H,35,36). The Hall–Kier alpha value is -3.64. The third-order valence-electron chi connectivity index (χ3n) is 8.38.